The number of nitrogens with one attached hydrogen (secondary N) is 1. The first-order chi connectivity index (χ1) is 12.0. The van der Waals surface area contributed by atoms with Crippen molar-refractivity contribution in [2.45, 2.75) is 32.9 Å². The average molecular weight is 333 g/mol. The van der Waals surface area contributed by atoms with Gasteiger partial charge in [0.15, 0.2) is 6.10 Å². The van der Waals surface area contributed by atoms with Crippen molar-refractivity contribution in [1.29, 1.82) is 0 Å². The van der Waals surface area contributed by atoms with Crippen molar-refractivity contribution in [1.82, 2.24) is 5.32 Å². The minimum Gasteiger partial charge on any atom is -0.481 e. The van der Waals surface area contributed by atoms with Gasteiger partial charge in [-0.1, -0.05) is 60.2 Å². The van der Waals surface area contributed by atoms with Crippen LogP contribution in [0, 0.1) is 6.92 Å². The van der Waals surface area contributed by atoms with E-state index in [0.29, 0.717) is 5.75 Å². The zero-order chi connectivity index (χ0) is 17.8. The molecular formula is C22H23NO2. The van der Waals surface area contributed by atoms with E-state index in [-0.39, 0.29) is 11.9 Å². The molecule has 0 aliphatic carbocycles. The number of aryl methyl sites for hydroxylation is 1. The second-order valence-corrected chi connectivity index (χ2v) is 6.37. The molecule has 0 saturated carbocycles. The Kier molecular flexibility index (Phi) is 5.03. The standard InChI is InChI=1S/C22H23NO2/c1-15-11-13-19(14-12-15)25-17(3)22(24)23-16(2)20-10-6-8-18-7-4-5-9-21(18)20/h4-14,16-17H,1-3H3,(H,23,24)/t16-,17+/m0/s1. The minimum absolute atomic E-state index is 0.0948. The van der Waals surface area contributed by atoms with Crippen LogP contribution in [0.5, 0.6) is 5.75 Å². The molecule has 3 aromatic carbocycles. The van der Waals surface area contributed by atoms with Crippen molar-refractivity contribution in [3.63, 3.8) is 0 Å². The molecule has 0 aromatic heterocycles. The molecule has 3 aromatic rings. The molecule has 3 nitrogen and oxygen atoms in total. The van der Waals surface area contributed by atoms with Crippen molar-refractivity contribution < 1.29 is 9.53 Å². The molecule has 1 N–H and O–H groups in total. The molecule has 128 valence electrons. The van der Waals surface area contributed by atoms with Crippen LogP contribution in [0.4, 0.5) is 0 Å². The Balaban J connectivity index is 1.70. The molecule has 0 spiro atoms. The zero-order valence-corrected chi connectivity index (χ0v) is 14.8. The fraction of sp³-hybridized carbons (Fsp3) is 0.227. The van der Waals surface area contributed by atoms with Crippen molar-refractivity contribution in [3.8, 4) is 5.75 Å². The number of rotatable bonds is 5. The highest BCUT2D eigenvalue weighted by atomic mass is 16.5. The topological polar surface area (TPSA) is 38.3 Å². The highest BCUT2D eigenvalue weighted by molar-refractivity contribution is 5.87. The van der Waals surface area contributed by atoms with Crippen LogP contribution in [-0.4, -0.2) is 12.0 Å². The van der Waals surface area contributed by atoms with Gasteiger partial charge in [-0.3, -0.25) is 4.79 Å². The summed E-state index contributed by atoms with van der Waals surface area (Å²) in [6.45, 7) is 5.79. The van der Waals surface area contributed by atoms with Crippen LogP contribution in [0.1, 0.15) is 31.0 Å². The molecule has 1 amide bonds. The molecule has 3 heteroatoms. The molecule has 0 aliphatic heterocycles. The van der Waals surface area contributed by atoms with Gasteiger partial charge in [-0.25, -0.2) is 0 Å². The number of hydrogen-bond acceptors (Lipinski definition) is 2. The Labute approximate surface area is 148 Å². The van der Waals surface area contributed by atoms with Gasteiger partial charge in [0, 0.05) is 0 Å². The predicted molar refractivity (Wildman–Crippen MR) is 102 cm³/mol. The van der Waals surface area contributed by atoms with Crippen LogP contribution in [0.2, 0.25) is 0 Å². The third-order valence-corrected chi connectivity index (χ3v) is 4.35. The fourth-order valence-corrected chi connectivity index (χ4v) is 2.91. The lowest BCUT2D eigenvalue weighted by Crippen LogP contribution is -2.37. The molecule has 0 aliphatic rings. The molecular weight excluding hydrogens is 310 g/mol. The second kappa shape index (κ2) is 7.39. The Hall–Kier alpha value is -2.81. The Morgan fingerprint density at radius 2 is 1.60 bits per heavy atom. The molecule has 2 atom stereocenters. The van der Waals surface area contributed by atoms with E-state index < -0.39 is 6.10 Å². The number of carbonyl (C=O) groups is 1. The predicted octanol–water partition coefficient (Wildman–Crippen LogP) is 4.79. The number of carbonyl (C=O) groups excluding carboxylic acids is 1. The fourth-order valence-electron chi connectivity index (χ4n) is 2.91. The van der Waals surface area contributed by atoms with E-state index in [9.17, 15) is 4.79 Å². The van der Waals surface area contributed by atoms with Gasteiger partial charge in [-0.05, 0) is 49.2 Å². The number of amides is 1. The molecule has 0 bridgehead atoms. The average Bonchev–Trinajstić information content (AvgIpc) is 2.63. The smallest absolute Gasteiger partial charge is 0.261 e. The van der Waals surface area contributed by atoms with Crippen molar-refractivity contribution in [3.05, 3.63) is 77.9 Å². The van der Waals surface area contributed by atoms with Crippen LogP contribution in [-0.2, 0) is 4.79 Å². The Bertz CT molecular complexity index is 865. The third-order valence-electron chi connectivity index (χ3n) is 4.35. The number of ether oxygens (including phenoxy) is 1. The summed E-state index contributed by atoms with van der Waals surface area (Å²) >= 11 is 0. The van der Waals surface area contributed by atoms with Crippen LogP contribution in [0.15, 0.2) is 66.7 Å². The summed E-state index contributed by atoms with van der Waals surface area (Å²) in [6, 6.07) is 22.0. The summed E-state index contributed by atoms with van der Waals surface area (Å²) in [6.07, 6.45) is -0.555. The van der Waals surface area contributed by atoms with Gasteiger partial charge in [-0.2, -0.15) is 0 Å². The van der Waals surface area contributed by atoms with E-state index in [1.54, 1.807) is 6.92 Å². The largest absolute Gasteiger partial charge is 0.481 e. The minimum atomic E-state index is -0.555. The third kappa shape index (κ3) is 4.00. The Morgan fingerprint density at radius 3 is 2.36 bits per heavy atom. The Morgan fingerprint density at radius 1 is 0.920 bits per heavy atom. The van der Waals surface area contributed by atoms with E-state index in [1.807, 2.05) is 56.3 Å². The maximum Gasteiger partial charge on any atom is 0.261 e. The van der Waals surface area contributed by atoms with Gasteiger partial charge in [0.2, 0.25) is 0 Å². The first-order valence-electron chi connectivity index (χ1n) is 8.56. The molecule has 0 fully saturated rings. The van der Waals surface area contributed by atoms with Crippen LogP contribution in [0.25, 0.3) is 10.8 Å². The van der Waals surface area contributed by atoms with E-state index in [1.165, 1.54) is 5.39 Å². The van der Waals surface area contributed by atoms with E-state index >= 15 is 0 Å². The lowest BCUT2D eigenvalue weighted by atomic mass is 9.99. The van der Waals surface area contributed by atoms with Crippen LogP contribution >= 0.6 is 0 Å². The summed E-state index contributed by atoms with van der Waals surface area (Å²) in [5, 5.41) is 5.38. The molecule has 0 saturated heterocycles. The number of benzene rings is 3. The van der Waals surface area contributed by atoms with Gasteiger partial charge in [0.25, 0.3) is 5.91 Å². The zero-order valence-electron chi connectivity index (χ0n) is 14.8. The highest BCUT2D eigenvalue weighted by Gasteiger charge is 2.18. The van der Waals surface area contributed by atoms with E-state index in [4.69, 9.17) is 4.74 Å². The molecule has 25 heavy (non-hydrogen) atoms. The maximum absolute atomic E-state index is 12.5. The lowest BCUT2D eigenvalue weighted by molar-refractivity contribution is -0.127. The summed E-state index contributed by atoms with van der Waals surface area (Å²) in [4.78, 5) is 12.5. The summed E-state index contributed by atoms with van der Waals surface area (Å²) in [5.74, 6) is 0.576. The number of fused-ring (bicyclic) bond motifs is 1. The highest BCUT2D eigenvalue weighted by Crippen LogP contribution is 2.24. The normalized spacial score (nSPS) is 13.2. The first kappa shape index (κ1) is 17.0. The van der Waals surface area contributed by atoms with Gasteiger partial charge >= 0.3 is 0 Å². The lowest BCUT2D eigenvalue weighted by Gasteiger charge is -2.20. The van der Waals surface area contributed by atoms with E-state index in [0.717, 1.165) is 16.5 Å². The maximum atomic E-state index is 12.5. The monoisotopic (exact) mass is 333 g/mol. The van der Waals surface area contributed by atoms with Gasteiger partial charge in [-0.15, -0.1) is 0 Å². The SMILES string of the molecule is Cc1ccc(O[C@H](C)C(=O)N[C@@H](C)c2cccc3ccccc23)cc1. The van der Waals surface area contributed by atoms with Crippen molar-refractivity contribution in [2.75, 3.05) is 0 Å². The quantitative estimate of drug-likeness (QED) is 0.729. The summed E-state index contributed by atoms with van der Waals surface area (Å²) in [5.41, 5.74) is 2.27. The van der Waals surface area contributed by atoms with Crippen LogP contribution < -0.4 is 10.1 Å². The molecule has 3 rings (SSSR count). The first-order valence-corrected chi connectivity index (χ1v) is 8.56. The van der Waals surface area contributed by atoms with Gasteiger partial charge in [0.1, 0.15) is 5.75 Å². The molecule has 0 unspecified atom stereocenters. The number of hydrogen-bond donors (Lipinski definition) is 1. The van der Waals surface area contributed by atoms with Crippen LogP contribution in [0.3, 0.4) is 0 Å². The van der Waals surface area contributed by atoms with Gasteiger partial charge in [0.05, 0.1) is 6.04 Å². The van der Waals surface area contributed by atoms with Crippen molar-refractivity contribution in [2.24, 2.45) is 0 Å². The summed E-state index contributed by atoms with van der Waals surface area (Å²) < 4.78 is 5.74. The molecule has 0 heterocycles. The van der Waals surface area contributed by atoms with Crippen molar-refractivity contribution >= 4 is 16.7 Å². The summed E-state index contributed by atoms with van der Waals surface area (Å²) in [7, 11) is 0. The molecule has 0 radical (unpaired) electrons. The second-order valence-electron chi connectivity index (χ2n) is 6.37. The van der Waals surface area contributed by atoms with E-state index in [2.05, 4.69) is 29.6 Å². The van der Waals surface area contributed by atoms with Gasteiger partial charge < -0.3 is 10.1 Å².